The lowest BCUT2D eigenvalue weighted by atomic mass is 10.1. The molecule has 5 nitrogen and oxygen atoms in total. The molecular weight excluding hydrogens is 242 g/mol. The highest BCUT2D eigenvalue weighted by Crippen LogP contribution is 2.13. The molecule has 0 aliphatic heterocycles. The summed E-state index contributed by atoms with van der Waals surface area (Å²) in [6.45, 7) is 6.14. The van der Waals surface area contributed by atoms with E-state index in [0.717, 1.165) is 5.69 Å². The number of anilines is 1. The number of carbonyl (C=O) groups excluding carboxylic acids is 1. The average Bonchev–Trinajstić information content (AvgIpc) is 2.39. The fourth-order valence-corrected chi connectivity index (χ4v) is 1.52. The Labute approximate surface area is 113 Å². The van der Waals surface area contributed by atoms with E-state index in [-0.39, 0.29) is 11.9 Å². The average molecular weight is 263 g/mol. The van der Waals surface area contributed by atoms with Crippen molar-refractivity contribution in [2.75, 3.05) is 19.0 Å². The normalized spacial score (nSPS) is 12.9. The van der Waals surface area contributed by atoms with E-state index in [4.69, 9.17) is 5.73 Å². The number of aliphatic imine (C=N–C) groups is 1. The van der Waals surface area contributed by atoms with Crippen LogP contribution in [-0.4, -0.2) is 25.6 Å². The summed E-state index contributed by atoms with van der Waals surface area (Å²) >= 11 is 0. The van der Waals surface area contributed by atoms with Crippen LogP contribution in [0, 0.1) is 19.8 Å². The summed E-state index contributed by atoms with van der Waals surface area (Å²) in [6.07, 6.45) is 0. The largest absolute Gasteiger partial charge is 0.469 e. The summed E-state index contributed by atoms with van der Waals surface area (Å²) in [5.74, 6) is -0.299. The number of rotatable bonds is 4. The number of hydrogen-bond acceptors (Lipinski definition) is 3. The van der Waals surface area contributed by atoms with Gasteiger partial charge in [-0.25, -0.2) is 0 Å². The molecule has 3 N–H and O–H groups in total. The Morgan fingerprint density at radius 2 is 2.11 bits per heavy atom. The fourth-order valence-electron chi connectivity index (χ4n) is 1.52. The van der Waals surface area contributed by atoms with Crippen LogP contribution in [0.25, 0.3) is 0 Å². The first-order valence-corrected chi connectivity index (χ1v) is 6.16. The number of methoxy groups -OCH3 is 1. The fraction of sp³-hybridized carbons (Fsp3) is 0.429. The minimum atomic E-state index is -0.301. The van der Waals surface area contributed by atoms with E-state index in [1.54, 1.807) is 6.92 Å². The Kier molecular flexibility index (Phi) is 5.36. The van der Waals surface area contributed by atoms with Gasteiger partial charge in [-0.1, -0.05) is 13.0 Å². The predicted octanol–water partition coefficient (Wildman–Crippen LogP) is 1.84. The van der Waals surface area contributed by atoms with Crippen LogP contribution < -0.4 is 11.1 Å². The second-order valence-corrected chi connectivity index (χ2v) is 4.57. The zero-order chi connectivity index (χ0) is 14.4. The quantitative estimate of drug-likeness (QED) is 0.493. The van der Waals surface area contributed by atoms with Crippen molar-refractivity contribution in [2.45, 2.75) is 20.8 Å². The standard InChI is InChI=1S/C14H21N3O2/c1-9-5-6-12(7-10(9)2)17-14(15)16-8-11(3)13(18)19-4/h5-7,11H,8H2,1-4H3,(H3,15,16,17). The van der Waals surface area contributed by atoms with Crippen LogP contribution in [0.2, 0.25) is 0 Å². The molecule has 0 aliphatic carbocycles. The summed E-state index contributed by atoms with van der Waals surface area (Å²) in [4.78, 5) is 15.3. The number of guanidine groups is 1. The first-order chi connectivity index (χ1) is 8.93. The lowest BCUT2D eigenvalue weighted by Crippen LogP contribution is -2.25. The maximum absolute atomic E-state index is 11.2. The van der Waals surface area contributed by atoms with Crippen molar-refractivity contribution in [3.63, 3.8) is 0 Å². The molecule has 1 atom stereocenters. The Bertz CT molecular complexity index is 484. The van der Waals surface area contributed by atoms with Gasteiger partial charge in [-0.2, -0.15) is 0 Å². The molecule has 0 spiro atoms. The minimum absolute atomic E-state index is 0.289. The molecule has 104 valence electrons. The Morgan fingerprint density at radius 3 is 2.68 bits per heavy atom. The van der Waals surface area contributed by atoms with Crippen LogP contribution in [0.3, 0.4) is 0 Å². The number of esters is 1. The molecule has 0 bridgehead atoms. The lowest BCUT2D eigenvalue weighted by molar-refractivity contribution is -0.144. The van der Waals surface area contributed by atoms with Gasteiger partial charge >= 0.3 is 5.97 Å². The molecule has 0 radical (unpaired) electrons. The van der Waals surface area contributed by atoms with Crippen LogP contribution in [0.1, 0.15) is 18.1 Å². The molecule has 1 rings (SSSR count). The van der Waals surface area contributed by atoms with Gasteiger partial charge in [-0.3, -0.25) is 9.79 Å². The second-order valence-electron chi connectivity index (χ2n) is 4.57. The molecule has 0 saturated heterocycles. The van der Waals surface area contributed by atoms with Gasteiger partial charge in [0.2, 0.25) is 0 Å². The molecule has 0 aliphatic rings. The van der Waals surface area contributed by atoms with Crippen LogP contribution in [0.15, 0.2) is 23.2 Å². The minimum Gasteiger partial charge on any atom is -0.469 e. The molecule has 19 heavy (non-hydrogen) atoms. The van der Waals surface area contributed by atoms with Crippen molar-refractivity contribution in [1.82, 2.24) is 0 Å². The van der Waals surface area contributed by atoms with Crippen LogP contribution in [-0.2, 0) is 9.53 Å². The van der Waals surface area contributed by atoms with Gasteiger partial charge in [0.15, 0.2) is 5.96 Å². The number of hydrogen-bond donors (Lipinski definition) is 2. The maximum Gasteiger partial charge on any atom is 0.310 e. The monoisotopic (exact) mass is 263 g/mol. The Balaban J connectivity index is 2.61. The molecule has 1 aromatic carbocycles. The Hall–Kier alpha value is -2.04. The lowest BCUT2D eigenvalue weighted by Gasteiger charge is -2.09. The van der Waals surface area contributed by atoms with Crippen LogP contribution in [0.4, 0.5) is 5.69 Å². The Morgan fingerprint density at radius 1 is 1.42 bits per heavy atom. The maximum atomic E-state index is 11.2. The number of ether oxygens (including phenoxy) is 1. The SMILES string of the molecule is COC(=O)C(C)CN=C(N)Nc1ccc(C)c(C)c1. The summed E-state index contributed by atoms with van der Waals surface area (Å²) in [6, 6.07) is 5.96. The van der Waals surface area contributed by atoms with Crippen LogP contribution in [0.5, 0.6) is 0 Å². The third-order valence-electron chi connectivity index (χ3n) is 2.92. The third-order valence-corrected chi connectivity index (χ3v) is 2.92. The zero-order valence-corrected chi connectivity index (χ0v) is 11.9. The first-order valence-electron chi connectivity index (χ1n) is 6.16. The van der Waals surface area contributed by atoms with Crippen molar-refractivity contribution in [2.24, 2.45) is 16.6 Å². The van der Waals surface area contributed by atoms with Crippen molar-refractivity contribution in [3.05, 3.63) is 29.3 Å². The van der Waals surface area contributed by atoms with Crippen molar-refractivity contribution in [3.8, 4) is 0 Å². The van der Waals surface area contributed by atoms with E-state index in [9.17, 15) is 4.79 Å². The van der Waals surface area contributed by atoms with E-state index in [2.05, 4.69) is 22.0 Å². The van der Waals surface area contributed by atoms with Crippen LogP contribution >= 0.6 is 0 Å². The topological polar surface area (TPSA) is 76.7 Å². The molecular formula is C14H21N3O2. The number of benzene rings is 1. The highest BCUT2D eigenvalue weighted by molar-refractivity contribution is 5.92. The van der Waals surface area contributed by atoms with E-state index in [1.165, 1.54) is 18.2 Å². The van der Waals surface area contributed by atoms with Gasteiger partial charge in [0.1, 0.15) is 0 Å². The molecule has 1 aromatic rings. The number of nitrogens with two attached hydrogens (primary N) is 1. The van der Waals surface area contributed by atoms with E-state index in [1.807, 2.05) is 25.1 Å². The molecule has 0 saturated carbocycles. The molecule has 0 aromatic heterocycles. The smallest absolute Gasteiger partial charge is 0.310 e. The number of aryl methyl sites for hydroxylation is 2. The summed E-state index contributed by atoms with van der Waals surface area (Å²) in [5.41, 5.74) is 9.06. The van der Waals surface area contributed by atoms with Crippen molar-refractivity contribution >= 4 is 17.6 Å². The molecule has 5 heteroatoms. The van der Waals surface area contributed by atoms with Gasteiger partial charge in [-0.15, -0.1) is 0 Å². The number of nitrogens with one attached hydrogen (secondary N) is 1. The van der Waals surface area contributed by atoms with Crippen molar-refractivity contribution < 1.29 is 9.53 Å². The summed E-state index contributed by atoms with van der Waals surface area (Å²) in [5, 5.41) is 3.00. The van der Waals surface area contributed by atoms with E-state index < -0.39 is 0 Å². The molecule has 0 heterocycles. The predicted molar refractivity (Wildman–Crippen MR) is 77.2 cm³/mol. The number of carbonyl (C=O) groups is 1. The highest BCUT2D eigenvalue weighted by atomic mass is 16.5. The molecule has 0 fully saturated rings. The number of nitrogens with zero attached hydrogens (tertiary/aromatic N) is 1. The highest BCUT2D eigenvalue weighted by Gasteiger charge is 2.12. The summed E-state index contributed by atoms with van der Waals surface area (Å²) in [7, 11) is 1.36. The van der Waals surface area contributed by atoms with Gasteiger partial charge in [0.05, 0.1) is 19.6 Å². The van der Waals surface area contributed by atoms with Gasteiger partial charge in [0, 0.05) is 5.69 Å². The van der Waals surface area contributed by atoms with Gasteiger partial charge in [0.25, 0.3) is 0 Å². The van der Waals surface area contributed by atoms with E-state index in [0.29, 0.717) is 12.5 Å². The first kappa shape index (κ1) is 15.0. The second kappa shape index (κ2) is 6.78. The summed E-state index contributed by atoms with van der Waals surface area (Å²) < 4.78 is 4.62. The van der Waals surface area contributed by atoms with E-state index >= 15 is 0 Å². The zero-order valence-electron chi connectivity index (χ0n) is 11.9. The van der Waals surface area contributed by atoms with Gasteiger partial charge < -0.3 is 15.8 Å². The third kappa shape index (κ3) is 4.62. The van der Waals surface area contributed by atoms with Crippen molar-refractivity contribution in [1.29, 1.82) is 0 Å². The molecule has 1 unspecified atom stereocenters. The van der Waals surface area contributed by atoms with Gasteiger partial charge in [-0.05, 0) is 37.1 Å². The molecule has 0 amide bonds.